The van der Waals surface area contributed by atoms with Gasteiger partial charge in [-0.15, -0.1) is 6.42 Å². The SMILES string of the molecule is C#CC(c1c(C(C)C)cccc1C(C)C)C(c1ccc(C)cc1)c1cccc(-c2ccccc2OC)c1. The first-order valence-electron chi connectivity index (χ1n) is 13.2. The van der Waals surface area contributed by atoms with Crippen molar-refractivity contribution < 1.29 is 4.74 Å². The summed E-state index contributed by atoms with van der Waals surface area (Å²) in [5, 5.41) is 0. The van der Waals surface area contributed by atoms with Crippen molar-refractivity contribution in [1.29, 1.82) is 0 Å². The molecule has 0 bridgehead atoms. The molecule has 0 N–H and O–H groups in total. The van der Waals surface area contributed by atoms with Crippen LogP contribution in [0.5, 0.6) is 5.75 Å². The number of hydrogen-bond acceptors (Lipinski definition) is 1. The Morgan fingerprint density at radius 3 is 1.92 bits per heavy atom. The maximum absolute atomic E-state index is 6.47. The van der Waals surface area contributed by atoms with Crippen molar-refractivity contribution >= 4 is 0 Å². The first kappa shape index (κ1) is 26.3. The number of hydrogen-bond donors (Lipinski definition) is 0. The second-order valence-electron chi connectivity index (χ2n) is 10.5. The maximum Gasteiger partial charge on any atom is 0.126 e. The third-order valence-corrected chi connectivity index (χ3v) is 7.34. The first-order chi connectivity index (χ1) is 17.8. The van der Waals surface area contributed by atoms with Crippen LogP contribution in [0.1, 0.15) is 84.7 Å². The molecule has 0 heterocycles. The quantitative estimate of drug-likeness (QED) is 0.225. The van der Waals surface area contributed by atoms with Crippen molar-refractivity contribution in [2.45, 2.75) is 58.3 Å². The molecule has 0 spiro atoms. The molecule has 0 amide bonds. The van der Waals surface area contributed by atoms with Gasteiger partial charge in [0.1, 0.15) is 5.75 Å². The highest BCUT2D eigenvalue weighted by atomic mass is 16.5. The highest BCUT2D eigenvalue weighted by molar-refractivity contribution is 5.71. The van der Waals surface area contributed by atoms with E-state index in [0.717, 1.165) is 16.9 Å². The van der Waals surface area contributed by atoms with Crippen LogP contribution in [0.15, 0.2) is 91.0 Å². The van der Waals surface area contributed by atoms with Crippen LogP contribution in [0.3, 0.4) is 0 Å². The van der Waals surface area contributed by atoms with Gasteiger partial charge in [-0.2, -0.15) is 0 Å². The number of aryl methyl sites for hydroxylation is 1. The maximum atomic E-state index is 6.47. The van der Waals surface area contributed by atoms with Crippen LogP contribution >= 0.6 is 0 Å². The number of methoxy groups -OCH3 is 1. The summed E-state index contributed by atoms with van der Waals surface area (Å²) in [5.41, 5.74) is 9.89. The second-order valence-corrected chi connectivity index (χ2v) is 10.5. The Hall–Kier alpha value is -3.76. The molecule has 1 heteroatoms. The summed E-state index contributed by atoms with van der Waals surface area (Å²) in [6.45, 7) is 11.2. The Morgan fingerprint density at radius 1 is 0.703 bits per heavy atom. The van der Waals surface area contributed by atoms with E-state index in [2.05, 4.69) is 119 Å². The highest BCUT2D eigenvalue weighted by Crippen LogP contribution is 2.44. The van der Waals surface area contributed by atoms with Gasteiger partial charge in [0.2, 0.25) is 0 Å². The van der Waals surface area contributed by atoms with Crippen molar-refractivity contribution in [1.82, 2.24) is 0 Å². The zero-order valence-electron chi connectivity index (χ0n) is 23.0. The lowest BCUT2D eigenvalue weighted by Crippen LogP contribution is -2.17. The molecule has 4 aromatic rings. The van der Waals surface area contributed by atoms with Crippen LogP contribution in [0.4, 0.5) is 0 Å². The van der Waals surface area contributed by atoms with Gasteiger partial charge in [-0.05, 0) is 58.2 Å². The van der Waals surface area contributed by atoms with Crippen LogP contribution in [-0.2, 0) is 0 Å². The standard InChI is InChI=1S/C36H38O/c1-8-30(36-31(24(2)3)16-12-17-32(36)25(4)5)35(27-21-19-26(6)20-22-27)29-14-11-13-28(23-29)33-15-9-10-18-34(33)37-7/h1,9-25,30,35H,2-7H3. The predicted octanol–water partition coefficient (Wildman–Crippen LogP) is 9.47. The molecule has 2 atom stereocenters. The summed E-state index contributed by atoms with van der Waals surface area (Å²) in [7, 11) is 1.72. The summed E-state index contributed by atoms with van der Waals surface area (Å²) in [4.78, 5) is 0. The van der Waals surface area contributed by atoms with Crippen molar-refractivity contribution in [3.63, 3.8) is 0 Å². The Labute approximate surface area is 223 Å². The van der Waals surface area contributed by atoms with Gasteiger partial charge >= 0.3 is 0 Å². The fraction of sp³-hybridized carbons (Fsp3) is 0.278. The highest BCUT2D eigenvalue weighted by Gasteiger charge is 2.30. The summed E-state index contributed by atoms with van der Waals surface area (Å²) in [6.07, 6.45) is 6.47. The van der Waals surface area contributed by atoms with Gasteiger partial charge in [0.15, 0.2) is 0 Å². The number of para-hydroxylation sites is 1. The summed E-state index contributed by atoms with van der Waals surface area (Å²) >= 11 is 0. The zero-order valence-corrected chi connectivity index (χ0v) is 23.0. The van der Waals surface area contributed by atoms with Crippen LogP contribution in [0, 0.1) is 19.3 Å². The number of benzene rings is 4. The molecule has 0 fully saturated rings. The molecule has 0 aliphatic carbocycles. The molecular formula is C36H38O. The van der Waals surface area contributed by atoms with E-state index in [0.29, 0.717) is 11.8 Å². The molecule has 1 nitrogen and oxygen atoms in total. The van der Waals surface area contributed by atoms with Crippen molar-refractivity contribution in [2.75, 3.05) is 7.11 Å². The average Bonchev–Trinajstić information content (AvgIpc) is 2.92. The van der Waals surface area contributed by atoms with Crippen molar-refractivity contribution in [3.8, 4) is 29.2 Å². The normalized spacial score (nSPS) is 12.8. The van der Waals surface area contributed by atoms with E-state index in [-0.39, 0.29) is 11.8 Å². The molecule has 0 aliphatic heterocycles. The lowest BCUT2D eigenvalue weighted by atomic mass is 9.72. The number of ether oxygens (including phenoxy) is 1. The van der Waals surface area contributed by atoms with Gasteiger partial charge in [0.05, 0.1) is 13.0 Å². The van der Waals surface area contributed by atoms with E-state index in [1.54, 1.807) is 7.11 Å². The number of terminal acetylenes is 1. The van der Waals surface area contributed by atoms with Crippen LogP contribution < -0.4 is 4.74 Å². The van der Waals surface area contributed by atoms with E-state index in [4.69, 9.17) is 11.2 Å². The van der Waals surface area contributed by atoms with Crippen molar-refractivity contribution in [2.24, 2.45) is 0 Å². The molecule has 0 aromatic heterocycles. The fourth-order valence-electron chi connectivity index (χ4n) is 5.45. The molecule has 0 saturated heterocycles. The molecule has 0 saturated carbocycles. The van der Waals surface area contributed by atoms with Crippen molar-refractivity contribution in [3.05, 3.63) is 124 Å². The van der Waals surface area contributed by atoms with E-state index < -0.39 is 0 Å². The lowest BCUT2D eigenvalue weighted by Gasteiger charge is -2.31. The number of rotatable bonds is 8. The van der Waals surface area contributed by atoms with Gasteiger partial charge in [-0.25, -0.2) is 0 Å². The molecule has 188 valence electrons. The lowest BCUT2D eigenvalue weighted by molar-refractivity contribution is 0.416. The van der Waals surface area contributed by atoms with Crippen LogP contribution in [-0.4, -0.2) is 7.11 Å². The Morgan fingerprint density at radius 2 is 1.32 bits per heavy atom. The topological polar surface area (TPSA) is 9.23 Å². The van der Waals surface area contributed by atoms with Gasteiger partial charge in [0, 0.05) is 11.5 Å². The first-order valence-corrected chi connectivity index (χ1v) is 13.2. The molecule has 4 aromatic carbocycles. The smallest absolute Gasteiger partial charge is 0.126 e. The van der Waals surface area contributed by atoms with Gasteiger partial charge in [-0.1, -0.05) is 124 Å². The summed E-state index contributed by atoms with van der Waals surface area (Å²) in [5.74, 6) is 4.81. The third kappa shape index (κ3) is 5.50. The van der Waals surface area contributed by atoms with E-state index >= 15 is 0 Å². The van der Waals surface area contributed by atoms with E-state index in [1.165, 1.54) is 33.4 Å². The third-order valence-electron chi connectivity index (χ3n) is 7.34. The Kier molecular flexibility index (Phi) is 8.20. The molecule has 0 aliphatic rings. The molecule has 4 rings (SSSR count). The monoisotopic (exact) mass is 486 g/mol. The van der Waals surface area contributed by atoms with E-state index in [1.807, 2.05) is 12.1 Å². The minimum Gasteiger partial charge on any atom is -0.496 e. The molecule has 37 heavy (non-hydrogen) atoms. The van der Waals surface area contributed by atoms with Gasteiger partial charge < -0.3 is 4.74 Å². The zero-order chi connectivity index (χ0) is 26.5. The average molecular weight is 487 g/mol. The van der Waals surface area contributed by atoms with Gasteiger partial charge in [-0.3, -0.25) is 0 Å². The van der Waals surface area contributed by atoms with Crippen LogP contribution in [0.2, 0.25) is 0 Å². The second kappa shape index (κ2) is 11.5. The van der Waals surface area contributed by atoms with Gasteiger partial charge in [0.25, 0.3) is 0 Å². The minimum atomic E-state index is -0.105. The van der Waals surface area contributed by atoms with E-state index in [9.17, 15) is 0 Å². The summed E-state index contributed by atoms with van der Waals surface area (Å²) in [6, 6.07) is 32.6. The molecular weight excluding hydrogens is 448 g/mol. The minimum absolute atomic E-state index is 0.0117. The predicted molar refractivity (Wildman–Crippen MR) is 158 cm³/mol. The largest absolute Gasteiger partial charge is 0.496 e. The Balaban J connectivity index is 1.97. The summed E-state index contributed by atoms with van der Waals surface area (Å²) < 4.78 is 5.69. The molecule has 0 radical (unpaired) electrons. The van der Waals surface area contributed by atoms with Crippen LogP contribution in [0.25, 0.3) is 11.1 Å². The fourth-order valence-corrected chi connectivity index (χ4v) is 5.45. The Bertz CT molecular complexity index is 1360. The molecule has 2 unspecified atom stereocenters.